The zero-order valence-electron chi connectivity index (χ0n) is 14.9. The van der Waals surface area contributed by atoms with Crippen LogP contribution in [-0.4, -0.2) is 34.6 Å². The highest BCUT2D eigenvalue weighted by atomic mass is 16.2. The molecule has 1 aliphatic carbocycles. The number of nitrogens with zero attached hydrogens (tertiary/aromatic N) is 1. The SMILES string of the molecule is CC1CCC(N2C(=O)c3ccc4c5c(ccc(c35)C2=O)C(=O)NC4=O)CC1. The largest absolute Gasteiger partial charge is 0.288 e. The summed E-state index contributed by atoms with van der Waals surface area (Å²) < 4.78 is 0. The van der Waals surface area contributed by atoms with Crippen LogP contribution < -0.4 is 5.32 Å². The maximum absolute atomic E-state index is 13.2. The van der Waals surface area contributed by atoms with Crippen molar-refractivity contribution in [3.05, 3.63) is 46.5 Å². The average Bonchev–Trinajstić information content (AvgIpc) is 2.66. The highest BCUT2D eigenvalue weighted by molar-refractivity contribution is 6.33. The van der Waals surface area contributed by atoms with Crippen LogP contribution in [0.1, 0.15) is 74.0 Å². The molecule has 2 heterocycles. The van der Waals surface area contributed by atoms with Gasteiger partial charge in [0.1, 0.15) is 0 Å². The molecule has 0 radical (unpaired) electrons. The molecule has 1 fully saturated rings. The fourth-order valence-corrected chi connectivity index (χ4v) is 4.65. The fourth-order valence-electron chi connectivity index (χ4n) is 4.65. The van der Waals surface area contributed by atoms with Gasteiger partial charge >= 0.3 is 0 Å². The van der Waals surface area contributed by atoms with Gasteiger partial charge in [0.25, 0.3) is 23.6 Å². The Morgan fingerprint density at radius 3 is 1.70 bits per heavy atom. The molecule has 0 atom stereocenters. The molecule has 1 N–H and O–H groups in total. The van der Waals surface area contributed by atoms with Crippen molar-refractivity contribution in [2.75, 3.05) is 0 Å². The number of imide groups is 2. The number of carbonyl (C=O) groups is 4. The van der Waals surface area contributed by atoms with Gasteiger partial charge in [-0.15, -0.1) is 0 Å². The molecule has 4 amide bonds. The van der Waals surface area contributed by atoms with Crippen molar-refractivity contribution in [1.29, 1.82) is 0 Å². The Kier molecular flexibility index (Phi) is 3.29. The predicted molar refractivity (Wildman–Crippen MR) is 97.7 cm³/mol. The molecule has 0 spiro atoms. The monoisotopic (exact) mass is 362 g/mol. The molecule has 0 saturated heterocycles. The molecule has 2 aliphatic heterocycles. The Labute approximate surface area is 155 Å². The summed E-state index contributed by atoms with van der Waals surface area (Å²) in [6.45, 7) is 2.19. The number of hydrogen-bond acceptors (Lipinski definition) is 4. The molecule has 2 aromatic rings. The van der Waals surface area contributed by atoms with Gasteiger partial charge in [0.2, 0.25) is 0 Å². The van der Waals surface area contributed by atoms with Crippen molar-refractivity contribution >= 4 is 34.4 Å². The van der Waals surface area contributed by atoms with Gasteiger partial charge in [-0.1, -0.05) is 6.92 Å². The predicted octanol–water partition coefficient (Wildman–Crippen LogP) is 2.90. The van der Waals surface area contributed by atoms with E-state index < -0.39 is 11.8 Å². The van der Waals surface area contributed by atoms with Crippen molar-refractivity contribution < 1.29 is 19.2 Å². The standard InChI is InChI=1S/C21H18N2O4/c1-10-2-4-11(5-3-10)23-20(26)14-8-6-12-16-13(19(25)22-18(12)24)7-9-15(17(14)16)21(23)27/h6-11H,2-5H2,1H3,(H,22,24,25). The molecular weight excluding hydrogens is 344 g/mol. The first kappa shape index (κ1) is 16.2. The van der Waals surface area contributed by atoms with E-state index >= 15 is 0 Å². The van der Waals surface area contributed by atoms with Crippen molar-refractivity contribution in [3.63, 3.8) is 0 Å². The number of rotatable bonds is 1. The highest BCUT2D eigenvalue weighted by Crippen LogP contribution is 2.38. The van der Waals surface area contributed by atoms with Crippen LogP contribution in [0.5, 0.6) is 0 Å². The number of carbonyl (C=O) groups excluding carboxylic acids is 4. The molecule has 0 aromatic heterocycles. The Hall–Kier alpha value is -3.02. The van der Waals surface area contributed by atoms with E-state index in [0.717, 1.165) is 25.7 Å². The molecular formula is C21H18N2O4. The van der Waals surface area contributed by atoms with E-state index in [1.807, 2.05) is 0 Å². The van der Waals surface area contributed by atoms with E-state index in [-0.39, 0.29) is 17.9 Å². The van der Waals surface area contributed by atoms with Gasteiger partial charge in [0, 0.05) is 39.1 Å². The summed E-state index contributed by atoms with van der Waals surface area (Å²) >= 11 is 0. The van der Waals surface area contributed by atoms with Gasteiger partial charge in [0.05, 0.1) is 0 Å². The van der Waals surface area contributed by atoms with Crippen LogP contribution >= 0.6 is 0 Å². The van der Waals surface area contributed by atoms with Crippen molar-refractivity contribution in [3.8, 4) is 0 Å². The quantitative estimate of drug-likeness (QED) is 0.791. The first-order chi connectivity index (χ1) is 13.0. The normalized spacial score (nSPS) is 24.4. The van der Waals surface area contributed by atoms with Crippen LogP contribution in [-0.2, 0) is 0 Å². The van der Waals surface area contributed by atoms with Gasteiger partial charge in [-0.3, -0.25) is 29.4 Å². The first-order valence-electron chi connectivity index (χ1n) is 9.30. The van der Waals surface area contributed by atoms with E-state index in [1.54, 1.807) is 24.3 Å². The van der Waals surface area contributed by atoms with Gasteiger partial charge in [-0.2, -0.15) is 0 Å². The summed E-state index contributed by atoms with van der Waals surface area (Å²) in [5.41, 5.74) is 1.44. The summed E-state index contributed by atoms with van der Waals surface area (Å²) in [4.78, 5) is 52.2. The van der Waals surface area contributed by atoms with Crippen LogP contribution in [0.2, 0.25) is 0 Å². The van der Waals surface area contributed by atoms with Crippen LogP contribution in [0.4, 0.5) is 0 Å². The topological polar surface area (TPSA) is 83.6 Å². The number of nitrogens with one attached hydrogen (secondary N) is 1. The molecule has 6 nitrogen and oxygen atoms in total. The molecule has 3 aliphatic rings. The lowest BCUT2D eigenvalue weighted by Gasteiger charge is -2.37. The number of hydrogen-bond donors (Lipinski definition) is 1. The average molecular weight is 362 g/mol. The van der Waals surface area contributed by atoms with Crippen molar-refractivity contribution in [2.24, 2.45) is 5.92 Å². The van der Waals surface area contributed by atoms with Crippen LogP contribution in [0.25, 0.3) is 10.8 Å². The first-order valence-corrected chi connectivity index (χ1v) is 9.30. The van der Waals surface area contributed by atoms with Gasteiger partial charge in [-0.25, -0.2) is 0 Å². The van der Waals surface area contributed by atoms with E-state index in [2.05, 4.69) is 12.2 Å². The molecule has 0 bridgehead atoms. The lowest BCUT2D eigenvalue weighted by molar-refractivity contribution is 0.0486. The van der Waals surface area contributed by atoms with Crippen LogP contribution in [0.15, 0.2) is 24.3 Å². The fraction of sp³-hybridized carbons (Fsp3) is 0.333. The third-order valence-corrected chi connectivity index (χ3v) is 6.13. The molecule has 1 saturated carbocycles. The zero-order valence-corrected chi connectivity index (χ0v) is 14.9. The molecule has 27 heavy (non-hydrogen) atoms. The van der Waals surface area contributed by atoms with Crippen molar-refractivity contribution in [2.45, 2.75) is 38.6 Å². The second-order valence-corrected chi connectivity index (χ2v) is 7.75. The minimum Gasteiger partial charge on any atom is -0.288 e. The third-order valence-electron chi connectivity index (χ3n) is 6.13. The third kappa shape index (κ3) is 2.13. The summed E-state index contributed by atoms with van der Waals surface area (Å²) in [7, 11) is 0. The number of amides is 4. The lowest BCUT2D eigenvalue weighted by atomic mass is 9.83. The lowest BCUT2D eigenvalue weighted by Crippen LogP contribution is -2.48. The summed E-state index contributed by atoms with van der Waals surface area (Å²) in [5.74, 6) is -1.04. The van der Waals surface area contributed by atoms with Crippen molar-refractivity contribution in [1.82, 2.24) is 10.2 Å². The molecule has 0 unspecified atom stereocenters. The second kappa shape index (κ2) is 5.49. The minimum atomic E-state index is -0.500. The Morgan fingerprint density at radius 2 is 1.19 bits per heavy atom. The smallest absolute Gasteiger partial charge is 0.261 e. The molecule has 5 rings (SSSR count). The highest BCUT2D eigenvalue weighted by Gasteiger charge is 2.40. The van der Waals surface area contributed by atoms with E-state index in [9.17, 15) is 19.2 Å². The number of benzene rings is 2. The Balaban J connectivity index is 1.71. The van der Waals surface area contributed by atoms with E-state index in [4.69, 9.17) is 0 Å². The Morgan fingerprint density at radius 1 is 0.741 bits per heavy atom. The summed E-state index contributed by atoms with van der Waals surface area (Å²) in [6.07, 6.45) is 3.62. The summed E-state index contributed by atoms with van der Waals surface area (Å²) in [5, 5.41) is 3.15. The van der Waals surface area contributed by atoms with Gasteiger partial charge in [-0.05, 0) is 55.9 Å². The molecule has 136 valence electrons. The van der Waals surface area contributed by atoms with Crippen LogP contribution in [0.3, 0.4) is 0 Å². The van der Waals surface area contributed by atoms with E-state index in [1.165, 1.54) is 4.90 Å². The van der Waals surface area contributed by atoms with Crippen LogP contribution in [0, 0.1) is 5.92 Å². The maximum atomic E-state index is 13.2. The van der Waals surface area contributed by atoms with Gasteiger partial charge in [0.15, 0.2) is 0 Å². The Bertz CT molecular complexity index is 995. The molecule has 6 heteroatoms. The second-order valence-electron chi connectivity index (χ2n) is 7.75. The minimum absolute atomic E-state index is 0.0958. The maximum Gasteiger partial charge on any atom is 0.261 e. The molecule has 2 aromatic carbocycles. The van der Waals surface area contributed by atoms with Gasteiger partial charge < -0.3 is 0 Å². The zero-order chi connectivity index (χ0) is 18.9. The summed E-state index contributed by atoms with van der Waals surface area (Å²) in [6, 6.07) is 6.26. The van der Waals surface area contributed by atoms with E-state index in [0.29, 0.717) is 38.9 Å².